The number of carbonyl (C=O) groups excluding carboxylic acids is 1. The summed E-state index contributed by atoms with van der Waals surface area (Å²) in [4.78, 5) is 17.5. The van der Waals surface area contributed by atoms with Crippen LogP contribution in [-0.2, 0) is 11.3 Å². The van der Waals surface area contributed by atoms with Crippen LogP contribution in [0.5, 0.6) is 0 Å². The monoisotopic (exact) mass is 452 g/mol. The van der Waals surface area contributed by atoms with Crippen molar-refractivity contribution in [3.05, 3.63) is 95.6 Å². The van der Waals surface area contributed by atoms with Crippen molar-refractivity contribution >= 4 is 17.3 Å². The molecule has 3 aromatic rings. The number of rotatable bonds is 8. The van der Waals surface area contributed by atoms with Gasteiger partial charge in [0.25, 0.3) is 0 Å². The molecule has 3 aromatic carbocycles. The molecule has 0 unspecified atom stereocenters. The third-order valence-corrected chi connectivity index (χ3v) is 6.53. The smallest absolute Gasteiger partial charge is 0.223 e. The number of hydrogen-bond acceptors (Lipinski definition) is 4. The second-order valence-corrected chi connectivity index (χ2v) is 8.97. The Hall–Kier alpha value is -3.62. The molecule has 1 heterocycles. The molecule has 1 aliphatic rings. The van der Waals surface area contributed by atoms with Crippen molar-refractivity contribution in [1.82, 2.24) is 10.2 Å². The molecule has 5 nitrogen and oxygen atoms in total. The first-order valence-corrected chi connectivity index (χ1v) is 12.0. The Morgan fingerprint density at radius 3 is 2.38 bits per heavy atom. The van der Waals surface area contributed by atoms with Crippen molar-refractivity contribution in [2.45, 2.75) is 26.3 Å². The van der Waals surface area contributed by atoms with Crippen molar-refractivity contribution in [2.24, 2.45) is 5.92 Å². The highest BCUT2D eigenvalue weighted by Crippen LogP contribution is 2.26. The Balaban J connectivity index is 1.27. The highest BCUT2D eigenvalue weighted by Gasteiger charge is 2.25. The van der Waals surface area contributed by atoms with Gasteiger partial charge in [-0.1, -0.05) is 42.5 Å². The minimum atomic E-state index is 0.0663. The summed E-state index contributed by atoms with van der Waals surface area (Å²) in [6.07, 6.45) is 1.77. The summed E-state index contributed by atoms with van der Waals surface area (Å²) in [5.74, 6) is 0.200. The van der Waals surface area contributed by atoms with E-state index in [1.807, 2.05) is 12.1 Å². The number of para-hydroxylation sites is 1. The molecular formula is C29H32N4O. The summed E-state index contributed by atoms with van der Waals surface area (Å²) >= 11 is 0. The number of amides is 1. The molecule has 0 bridgehead atoms. The molecule has 1 N–H and O–H groups in total. The lowest BCUT2D eigenvalue weighted by Crippen LogP contribution is -2.42. The van der Waals surface area contributed by atoms with Crippen LogP contribution in [0.15, 0.2) is 78.9 Å². The highest BCUT2D eigenvalue weighted by atomic mass is 16.1. The molecular weight excluding hydrogens is 420 g/mol. The highest BCUT2D eigenvalue weighted by molar-refractivity contribution is 5.78. The first-order chi connectivity index (χ1) is 16.6. The number of carbonyl (C=O) groups is 1. The van der Waals surface area contributed by atoms with E-state index in [1.165, 1.54) is 16.9 Å². The molecule has 0 aromatic heterocycles. The quantitative estimate of drug-likeness (QED) is 0.521. The number of hydrogen-bond donors (Lipinski definition) is 1. The molecule has 4 rings (SSSR count). The van der Waals surface area contributed by atoms with Crippen molar-refractivity contribution in [1.29, 1.82) is 5.26 Å². The van der Waals surface area contributed by atoms with Crippen LogP contribution in [0, 0.1) is 24.2 Å². The van der Waals surface area contributed by atoms with Crippen molar-refractivity contribution in [2.75, 3.05) is 31.1 Å². The number of nitrogens with zero attached hydrogens (tertiary/aromatic N) is 3. The number of nitriles is 1. The molecule has 174 valence electrons. The topological polar surface area (TPSA) is 59.4 Å². The first kappa shape index (κ1) is 23.5. The van der Waals surface area contributed by atoms with Crippen LogP contribution in [0.25, 0.3) is 0 Å². The number of anilines is 2. The van der Waals surface area contributed by atoms with Crippen LogP contribution >= 0.6 is 0 Å². The summed E-state index contributed by atoms with van der Waals surface area (Å²) in [6, 6.07) is 28.7. The Kier molecular flexibility index (Phi) is 7.95. The lowest BCUT2D eigenvalue weighted by atomic mass is 9.95. The van der Waals surface area contributed by atoms with Gasteiger partial charge in [-0.2, -0.15) is 5.26 Å². The van der Waals surface area contributed by atoms with Gasteiger partial charge in [0.2, 0.25) is 5.91 Å². The number of aryl methyl sites for hydroxylation is 1. The van der Waals surface area contributed by atoms with Crippen molar-refractivity contribution < 1.29 is 4.79 Å². The minimum Gasteiger partial charge on any atom is -0.352 e. The maximum Gasteiger partial charge on any atom is 0.223 e. The van der Waals surface area contributed by atoms with Gasteiger partial charge in [0.15, 0.2) is 0 Å². The standard InChI is InChI=1S/C29H32N4O/c1-23-6-5-9-28(20-23)33(27-7-3-2-4-8-27)19-18-32-16-14-26(15-17-32)29(34)31-22-25-12-10-24(21-30)11-13-25/h2-13,20,26H,14-19,22H2,1H3,(H,31,34). The van der Waals surface area contributed by atoms with Crippen molar-refractivity contribution in [3.63, 3.8) is 0 Å². The molecule has 0 atom stereocenters. The second kappa shape index (κ2) is 11.5. The van der Waals surface area contributed by atoms with Crippen LogP contribution in [-0.4, -0.2) is 37.0 Å². The summed E-state index contributed by atoms with van der Waals surface area (Å²) in [5, 5.41) is 12.0. The average Bonchev–Trinajstić information content (AvgIpc) is 2.89. The maximum absolute atomic E-state index is 12.7. The lowest BCUT2D eigenvalue weighted by Gasteiger charge is -2.34. The van der Waals surface area contributed by atoms with Gasteiger partial charge in [0, 0.05) is 36.9 Å². The Bertz CT molecular complexity index is 1110. The Morgan fingerprint density at radius 1 is 1.00 bits per heavy atom. The molecule has 1 fully saturated rings. The molecule has 1 saturated heterocycles. The van der Waals surface area contributed by atoms with Gasteiger partial charge in [-0.15, -0.1) is 0 Å². The van der Waals surface area contributed by atoms with E-state index in [4.69, 9.17) is 5.26 Å². The summed E-state index contributed by atoms with van der Waals surface area (Å²) < 4.78 is 0. The maximum atomic E-state index is 12.7. The predicted octanol–water partition coefficient (Wildman–Crippen LogP) is 5.03. The number of benzene rings is 3. The number of likely N-dealkylation sites (tertiary alicyclic amines) is 1. The molecule has 34 heavy (non-hydrogen) atoms. The van der Waals surface area contributed by atoms with Crippen LogP contribution < -0.4 is 10.2 Å². The summed E-state index contributed by atoms with van der Waals surface area (Å²) in [7, 11) is 0. The zero-order valence-electron chi connectivity index (χ0n) is 19.8. The first-order valence-electron chi connectivity index (χ1n) is 12.0. The van der Waals surface area contributed by atoms with E-state index >= 15 is 0 Å². The van der Waals surface area contributed by atoms with Crippen LogP contribution in [0.4, 0.5) is 11.4 Å². The van der Waals surface area contributed by atoms with Gasteiger partial charge >= 0.3 is 0 Å². The predicted molar refractivity (Wildman–Crippen MR) is 137 cm³/mol. The second-order valence-electron chi connectivity index (χ2n) is 8.97. The van der Waals surface area contributed by atoms with Crippen molar-refractivity contribution in [3.8, 4) is 6.07 Å². The molecule has 5 heteroatoms. The van der Waals surface area contributed by atoms with Gasteiger partial charge in [-0.3, -0.25) is 4.79 Å². The van der Waals surface area contributed by atoms with Gasteiger partial charge in [-0.05, 0) is 80.4 Å². The minimum absolute atomic E-state index is 0.0663. The molecule has 0 spiro atoms. The number of nitrogens with one attached hydrogen (secondary N) is 1. The average molecular weight is 453 g/mol. The molecule has 0 aliphatic carbocycles. The van der Waals surface area contributed by atoms with E-state index in [2.05, 4.69) is 82.7 Å². The fourth-order valence-electron chi connectivity index (χ4n) is 4.50. The lowest BCUT2D eigenvalue weighted by molar-refractivity contribution is -0.126. The Morgan fingerprint density at radius 2 is 1.71 bits per heavy atom. The fraction of sp³-hybridized carbons (Fsp3) is 0.310. The van der Waals surface area contributed by atoms with Gasteiger partial charge in [-0.25, -0.2) is 0 Å². The Labute approximate surface area is 202 Å². The zero-order valence-corrected chi connectivity index (χ0v) is 19.8. The summed E-state index contributed by atoms with van der Waals surface area (Å²) in [5.41, 5.74) is 5.32. The van der Waals surface area contributed by atoms with E-state index < -0.39 is 0 Å². The van der Waals surface area contributed by atoms with E-state index in [-0.39, 0.29) is 11.8 Å². The number of piperidine rings is 1. The fourth-order valence-corrected chi connectivity index (χ4v) is 4.50. The van der Waals surface area contributed by atoms with Gasteiger partial charge in [0.05, 0.1) is 11.6 Å². The van der Waals surface area contributed by atoms with Crippen LogP contribution in [0.1, 0.15) is 29.5 Å². The molecule has 0 radical (unpaired) electrons. The van der Waals surface area contributed by atoms with E-state index in [1.54, 1.807) is 12.1 Å². The van der Waals surface area contributed by atoms with E-state index in [9.17, 15) is 4.79 Å². The van der Waals surface area contributed by atoms with Crippen LogP contribution in [0.2, 0.25) is 0 Å². The van der Waals surface area contributed by atoms with Gasteiger partial charge in [0.1, 0.15) is 0 Å². The van der Waals surface area contributed by atoms with E-state index in [0.717, 1.165) is 44.6 Å². The third kappa shape index (κ3) is 6.24. The van der Waals surface area contributed by atoms with Gasteiger partial charge < -0.3 is 15.1 Å². The van der Waals surface area contributed by atoms with Crippen LogP contribution in [0.3, 0.4) is 0 Å². The molecule has 1 amide bonds. The van der Waals surface area contributed by atoms with E-state index in [0.29, 0.717) is 12.1 Å². The SMILES string of the molecule is Cc1cccc(N(CCN2CCC(C(=O)NCc3ccc(C#N)cc3)CC2)c2ccccc2)c1. The zero-order chi connectivity index (χ0) is 23.8. The molecule has 1 aliphatic heterocycles. The normalized spacial score (nSPS) is 14.4. The summed E-state index contributed by atoms with van der Waals surface area (Å²) in [6.45, 7) is 6.37. The third-order valence-electron chi connectivity index (χ3n) is 6.53. The molecule has 0 saturated carbocycles. The largest absolute Gasteiger partial charge is 0.352 e.